The Balaban J connectivity index is 2.18. The fourth-order valence-electron chi connectivity index (χ4n) is 1.96. The van der Waals surface area contributed by atoms with E-state index >= 15 is 0 Å². The third-order valence-electron chi connectivity index (χ3n) is 3.03. The van der Waals surface area contributed by atoms with Gasteiger partial charge in [-0.3, -0.25) is 0 Å². The number of rotatable bonds is 2. The second-order valence-electron chi connectivity index (χ2n) is 4.35. The Labute approximate surface area is 130 Å². The van der Waals surface area contributed by atoms with Gasteiger partial charge in [0.05, 0.1) is 17.6 Å². The molecule has 0 aliphatic carbocycles. The second-order valence-corrected chi connectivity index (χ2v) is 5.12. The van der Waals surface area contributed by atoms with E-state index in [2.05, 4.69) is 9.97 Å². The quantitative estimate of drug-likeness (QED) is 0.638. The van der Waals surface area contributed by atoms with E-state index in [1.165, 1.54) is 12.1 Å². The van der Waals surface area contributed by atoms with Gasteiger partial charge in [0.25, 0.3) is 0 Å². The zero-order valence-corrected chi connectivity index (χ0v) is 12.4. The number of ether oxygens (including phenoxy) is 1. The van der Waals surface area contributed by atoms with E-state index < -0.39 is 5.82 Å². The molecule has 0 aliphatic heterocycles. The molecule has 0 radical (unpaired) electrons. The first-order chi connectivity index (χ1) is 10.1. The highest BCUT2D eigenvalue weighted by Crippen LogP contribution is 2.29. The van der Waals surface area contributed by atoms with Gasteiger partial charge in [-0.15, -0.1) is 0 Å². The molecular formula is C15H9Cl2FN2O. The summed E-state index contributed by atoms with van der Waals surface area (Å²) in [5, 5.41) is 1.01. The molecule has 3 rings (SSSR count). The minimum atomic E-state index is -0.524. The standard InChI is InChI=1S/C15H9Cl2FN2O/c1-21-9-3-5-13-10(7-9)14(17)20-15(19-13)8-2-4-11(16)12(18)6-8/h2-7H,1H3. The monoisotopic (exact) mass is 322 g/mol. The summed E-state index contributed by atoms with van der Waals surface area (Å²) >= 11 is 11.9. The highest BCUT2D eigenvalue weighted by molar-refractivity contribution is 6.34. The van der Waals surface area contributed by atoms with Crippen molar-refractivity contribution in [2.45, 2.75) is 0 Å². The number of hydrogen-bond acceptors (Lipinski definition) is 3. The average molecular weight is 323 g/mol. The number of halogens is 3. The molecule has 0 aliphatic rings. The molecule has 1 aromatic heterocycles. The van der Waals surface area contributed by atoms with E-state index in [4.69, 9.17) is 27.9 Å². The van der Waals surface area contributed by atoms with Crippen LogP contribution in [0.4, 0.5) is 4.39 Å². The predicted molar refractivity (Wildman–Crippen MR) is 81.5 cm³/mol. The summed E-state index contributed by atoms with van der Waals surface area (Å²) in [6.07, 6.45) is 0. The molecular weight excluding hydrogens is 314 g/mol. The van der Waals surface area contributed by atoms with Crippen molar-refractivity contribution in [2.75, 3.05) is 7.11 Å². The highest BCUT2D eigenvalue weighted by Gasteiger charge is 2.10. The van der Waals surface area contributed by atoms with Crippen LogP contribution in [0.15, 0.2) is 36.4 Å². The van der Waals surface area contributed by atoms with Crippen molar-refractivity contribution in [3.63, 3.8) is 0 Å². The van der Waals surface area contributed by atoms with E-state index in [1.807, 2.05) is 0 Å². The van der Waals surface area contributed by atoms with Gasteiger partial charge in [-0.25, -0.2) is 14.4 Å². The van der Waals surface area contributed by atoms with E-state index in [-0.39, 0.29) is 10.2 Å². The summed E-state index contributed by atoms with van der Waals surface area (Å²) in [7, 11) is 1.57. The van der Waals surface area contributed by atoms with E-state index in [0.29, 0.717) is 28.0 Å². The summed E-state index contributed by atoms with van der Waals surface area (Å²) < 4.78 is 18.7. The first-order valence-electron chi connectivity index (χ1n) is 6.05. The predicted octanol–water partition coefficient (Wildman–Crippen LogP) is 4.75. The largest absolute Gasteiger partial charge is 0.497 e. The zero-order chi connectivity index (χ0) is 15.0. The fourth-order valence-corrected chi connectivity index (χ4v) is 2.31. The van der Waals surface area contributed by atoms with Crippen LogP contribution < -0.4 is 4.74 Å². The Kier molecular flexibility index (Phi) is 3.66. The van der Waals surface area contributed by atoms with Crippen molar-refractivity contribution in [3.8, 4) is 17.1 Å². The normalized spacial score (nSPS) is 10.9. The van der Waals surface area contributed by atoms with Crippen LogP contribution in [0.1, 0.15) is 0 Å². The van der Waals surface area contributed by atoms with Gasteiger partial charge in [-0.05, 0) is 36.4 Å². The van der Waals surface area contributed by atoms with Crippen molar-refractivity contribution >= 4 is 34.1 Å². The number of methoxy groups -OCH3 is 1. The molecule has 0 bridgehead atoms. The van der Waals surface area contributed by atoms with Crippen LogP contribution in [0.5, 0.6) is 5.75 Å². The van der Waals surface area contributed by atoms with Gasteiger partial charge < -0.3 is 4.74 Å². The molecule has 1 heterocycles. The molecule has 0 unspecified atom stereocenters. The minimum Gasteiger partial charge on any atom is -0.497 e. The van der Waals surface area contributed by atoms with Crippen LogP contribution >= 0.6 is 23.2 Å². The Morgan fingerprint density at radius 1 is 1.05 bits per heavy atom. The maximum Gasteiger partial charge on any atom is 0.161 e. The Morgan fingerprint density at radius 3 is 2.57 bits per heavy atom. The third-order valence-corrected chi connectivity index (χ3v) is 3.63. The molecule has 21 heavy (non-hydrogen) atoms. The summed E-state index contributed by atoms with van der Waals surface area (Å²) in [6, 6.07) is 9.69. The zero-order valence-electron chi connectivity index (χ0n) is 10.9. The molecule has 0 N–H and O–H groups in total. The van der Waals surface area contributed by atoms with Gasteiger partial charge in [0.2, 0.25) is 0 Å². The van der Waals surface area contributed by atoms with Gasteiger partial charge in [-0.1, -0.05) is 23.2 Å². The van der Waals surface area contributed by atoms with Crippen LogP contribution in [0.3, 0.4) is 0 Å². The Hall–Kier alpha value is -1.91. The van der Waals surface area contributed by atoms with Crippen LogP contribution in [0, 0.1) is 5.82 Å². The van der Waals surface area contributed by atoms with Gasteiger partial charge >= 0.3 is 0 Å². The topological polar surface area (TPSA) is 35.0 Å². The van der Waals surface area contributed by atoms with Gasteiger partial charge in [0, 0.05) is 10.9 Å². The van der Waals surface area contributed by atoms with Crippen LogP contribution in [0.25, 0.3) is 22.3 Å². The summed E-state index contributed by atoms with van der Waals surface area (Å²) in [5.41, 5.74) is 1.16. The number of hydrogen-bond donors (Lipinski definition) is 0. The van der Waals surface area contributed by atoms with E-state index in [0.717, 1.165) is 0 Å². The molecule has 2 aromatic carbocycles. The Bertz CT molecular complexity index is 839. The molecule has 0 saturated heterocycles. The highest BCUT2D eigenvalue weighted by atomic mass is 35.5. The molecule has 0 saturated carbocycles. The average Bonchev–Trinajstić information content (AvgIpc) is 2.49. The summed E-state index contributed by atoms with van der Waals surface area (Å²) in [6.45, 7) is 0. The molecule has 0 atom stereocenters. The Morgan fingerprint density at radius 2 is 1.86 bits per heavy atom. The molecule has 3 aromatic rings. The first-order valence-corrected chi connectivity index (χ1v) is 6.81. The lowest BCUT2D eigenvalue weighted by atomic mass is 10.2. The molecule has 6 heteroatoms. The molecule has 0 fully saturated rings. The van der Waals surface area contributed by atoms with Gasteiger partial charge in [0.15, 0.2) is 5.82 Å². The number of aromatic nitrogens is 2. The SMILES string of the molecule is COc1ccc2nc(-c3ccc(Cl)c(F)c3)nc(Cl)c2c1. The van der Waals surface area contributed by atoms with Crippen molar-refractivity contribution in [1.29, 1.82) is 0 Å². The first kappa shape index (κ1) is 14.0. The van der Waals surface area contributed by atoms with Crippen LogP contribution in [-0.4, -0.2) is 17.1 Å². The number of fused-ring (bicyclic) bond motifs is 1. The van der Waals surface area contributed by atoms with Crippen LogP contribution in [0.2, 0.25) is 10.2 Å². The minimum absolute atomic E-state index is 0.0513. The number of nitrogens with zero attached hydrogens (tertiary/aromatic N) is 2. The third kappa shape index (κ3) is 2.64. The number of benzene rings is 2. The lowest BCUT2D eigenvalue weighted by Gasteiger charge is -2.07. The molecule has 0 spiro atoms. The maximum atomic E-state index is 13.5. The summed E-state index contributed by atoms with van der Waals surface area (Å²) in [4.78, 5) is 8.60. The van der Waals surface area contributed by atoms with E-state index in [9.17, 15) is 4.39 Å². The molecule has 0 amide bonds. The summed E-state index contributed by atoms with van der Waals surface area (Å²) in [5.74, 6) is 0.482. The van der Waals surface area contributed by atoms with Crippen LogP contribution in [-0.2, 0) is 0 Å². The smallest absolute Gasteiger partial charge is 0.161 e. The van der Waals surface area contributed by atoms with Crippen molar-refractivity contribution in [2.24, 2.45) is 0 Å². The fraction of sp³-hybridized carbons (Fsp3) is 0.0667. The van der Waals surface area contributed by atoms with Gasteiger partial charge in [-0.2, -0.15) is 0 Å². The molecule has 3 nitrogen and oxygen atoms in total. The maximum absolute atomic E-state index is 13.5. The van der Waals surface area contributed by atoms with E-state index in [1.54, 1.807) is 31.4 Å². The lowest BCUT2D eigenvalue weighted by molar-refractivity contribution is 0.415. The molecule has 106 valence electrons. The lowest BCUT2D eigenvalue weighted by Crippen LogP contribution is -1.93. The second kappa shape index (κ2) is 5.47. The van der Waals surface area contributed by atoms with Crippen molar-refractivity contribution in [1.82, 2.24) is 9.97 Å². The van der Waals surface area contributed by atoms with Crippen molar-refractivity contribution < 1.29 is 9.13 Å². The van der Waals surface area contributed by atoms with Crippen molar-refractivity contribution in [3.05, 3.63) is 52.4 Å². The van der Waals surface area contributed by atoms with Gasteiger partial charge in [0.1, 0.15) is 16.7 Å².